The van der Waals surface area contributed by atoms with Crippen molar-refractivity contribution in [3.63, 3.8) is 0 Å². The highest BCUT2D eigenvalue weighted by atomic mass is 16.5. The molecule has 9 heteroatoms. The summed E-state index contributed by atoms with van der Waals surface area (Å²) in [6.07, 6.45) is 6.23. The third kappa shape index (κ3) is 4.43. The van der Waals surface area contributed by atoms with E-state index in [2.05, 4.69) is 44.5 Å². The van der Waals surface area contributed by atoms with Crippen LogP contribution in [0.5, 0.6) is 5.75 Å². The molecule has 4 aliphatic rings. The second kappa shape index (κ2) is 9.80. The van der Waals surface area contributed by atoms with Crippen molar-refractivity contribution in [2.75, 3.05) is 43.5 Å². The number of aromatic nitrogens is 2. The van der Waals surface area contributed by atoms with Crippen LogP contribution in [0.3, 0.4) is 0 Å². The first kappa shape index (κ1) is 24.9. The molecule has 0 bridgehead atoms. The molecule has 206 valence electrons. The predicted octanol–water partition coefficient (Wildman–Crippen LogP) is 4.23. The van der Waals surface area contributed by atoms with Crippen LogP contribution in [0.25, 0.3) is 0 Å². The SMILES string of the molecule is COc1ccc2c(c1)CCN(C1CCN(c3cc(C(=O)N4Cc5ccccc5C5(CC5)C4)ncn3)CC1)C(=O)N2. The zero-order valence-electron chi connectivity index (χ0n) is 22.8. The zero-order chi connectivity index (χ0) is 27.3. The minimum atomic E-state index is -0.0474. The maximum absolute atomic E-state index is 13.6. The first-order valence-electron chi connectivity index (χ1n) is 14.2. The fourth-order valence-corrected chi connectivity index (χ4v) is 6.72. The number of methoxy groups -OCH3 is 1. The molecule has 1 saturated carbocycles. The molecule has 1 spiro atoms. The van der Waals surface area contributed by atoms with Gasteiger partial charge >= 0.3 is 6.03 Å². The normalized spacial score (nSPS) is 19.9. The maximum atomic E-state index is 13.6. The minimum Gasteiger partial charge on any atom is -0.497 e. The smallest absolute Gasteiger partial charge is 0.322 e. The standard InChI is InChI=1S/C31H34N6O3/c1-40-24-6-7-26-21(16-24)8-15-37(30(39)34-26)23-9-13-35(14-10-23)28-17-27(32-20-33-28)29(38)36-18-22-4-2-3-5-25(22)31(19-36)11-12-31/h2-7,16-17,20,23H,8-15,18-19H2,1H3,(H,34,39). The van der Waals surface area contributed by atoms with Crippen LogP contribution in [0.4, 0.5) is 16.3 Å². The van der Waals surface area contributed by atoms with Crippen molar-refractivity contribution in [1.29, 1.82) is 0 Å². The number of hydrogen-bond acceptors (Lipinski definition) is 6. The third-order valence-corrected chi connectivity index (χ3v) is 9.12. The summed E-state index contributed by atoms with van der Waals surface area (Å²) in [7, 11) is 1.66. The van der Waals surface area contributed by atoms with Crippen LogP contribution in [0.1, 0.15) is 52.9 Å². The average molecular weight is 539 g/mol. The molecule has 4 heterocycles. The molecule has 40 heavy (non-hydrogen) atoms. The van der Waals surface area contributed by atoms with Gasteiger partial charge in [-0.1, -0.05) is 24.3 Å². The molecule has 0 radical (unpaired) electrons. The highest BCUT2D eigenvalue weighted by Crippen LogP contribution is 2.52. The number of benzene rings is 2. The van der Waals surface area contributed by atoms with E-state index in [1.54, 1.807) is 7.11 Å². The molecule has 0 atom stereocenters. The predicted molar refractivity (Wildman–Crippen MR) is 152 cm³/mol. The van der Waals surface area contributed by atoms with Crippen molar-refractivity contribution in [2.45, 2.75) is 50.1 Å². The largest absolute Gasteiger partial charge is 0.497 e. The number of rotatable bonds is 4. The topological polar surface area (TPSA) is 90.9 Å². The number of ether oxygens (including phenoxy) is 1. The number of piperidine rings is 1. The van der Waals surface area contributed by atoms with Crippen LogP contribution in [-0.4, -0.2) is 71.0 Å². The fourth-order valence-electron chi connectivity index (χ4n) is 6.72. The molecular weight excluding hydrogens is 504 g/mol. The van der Waals surface area contributed by atoms with E-state index in [9.17, 15) is 9.59 Å². The Morgan fingerprint density at radius 3 is 2.65 bits per heavy atom. The third-order valence-electron chi connectivity index (χ3n) is 9.12. The van der Waals surface area contributed by atoms with Crippen molar-refractivity contribution in [2.24, 2.45) is 0 Å². The molecule has 3 aliphatic heterocycles. The highest BCUT2D eigenvalue weighted by Gasteiger charge is 2.50. The number of carbonyl (C=O) groups is 2. The van der Waals surface area contributed by atoms with Gasteiger partial charge in [0.1, 0.15) is 23.6 Å². The summed E-state index contributed by atoms with van der Waals surface area (Å²) in [5, 5.41) is 3.09. The van der Waals surface area contributed by atoms with Crippen molar-refractivity contribution >= 4 is 23.4 Å². The summed E-state index contributed by atoms with van der Waals surface area (Å²) in [6, 6.07) is 16.3. The number of anilines is 2. The van der Waals surface area contributed by atoms with Gasteiger partial charge in [0.25, 0.3) is 5.91 Å². The molecule has 3 amide bonds. The number of carbonyl (C=O) groups excluding carboxylic acids is 2. The monoisotopic (exact) mass is 538 g/mol. The van der Waals surface area contributed by atoms with E-state index in [0.29, 0.717) is 18.8 Å². The Kier molecular flexibility index (Phi) is 6.09. The van der Waals surface area contributed by atoms with Crippen molar-refractivity contribution < 1.29 is 14.3 Å². The molecule has 2 fully saturated rings. The van der Waals surface area contributed by atoms with Crippen LogP contribution >= 0.6 is 0 Å². The van der Waals surface area contributed by atoms with Crippen LogP contribution in [0, 0.1) is 0 Å². The van der Waals surface area contributed by atoms with Crippen molar-refractivity contribution in [1.82, 2.24) is 19.8 Å². The lowest BCUT2D eigenvalue weighted by Crippen LogP contribution is -2.49. The summed E-state index contributed by atoms with van der Waals surface area (Å²) in [6.45, 7) is 3.57. The van der Waals surface area contributed by atoms with E-state index >= 15 is 0 Å². The van der Waals surface area contributed by atoms with E-state index in [1.165, 1.54) is 17.5 Å². The quantitative estimate of drug-likeness (QED) is 0.535. The van der Waals surface area contributed by atoms with E-state index in [-0.39, 0.29) is 23.4 Å². The highest BCUT2D eigenvalue weighted by molar-refractivity contribution is 5.93. The fraction of sp³-hybridized carbons (Fsp3) is 0.419. The van der Waals surface area contributed by atoms with Gasteiger partial charge in [-0.25, -0.2) is 14.8 Å². The first-order valence-corrected chi connectivity index (χ1v) is 14.2. The van der Waals surface area contributed by atoms with Gasteiger partial charge in [-0.05, 0) is 67.0 Å². The molecule has 1 saturated heterocycles. The van der Waals surface area contributed by atoms with Gasteiger partial charge in [0.15, 0.2) is 0 Å². The van der Waals surface area contributed by atoms with Gasteiger partial charge in [-0.3, -0.25) is 4.79 Å². The molecule has 7 rings (SSSR count). The van der Waals surface area contributed by atoms with E-state index in [4.69, 9.17) is 4.74 Å². The van der Waals surface area contributed by atoms with Crippen LogP contribution < -0.4 is 15.0 Å². The molecule has 1 aromatic heterocycles. The van der Waals surface area contributed by atoms with Gasteiger partial charge in [0, 0.05) is 55.9 Å². The van der Waals surface area contributed by atoms with Gasteiger partial charge in [0.05, 0.1) is 7.11 Å². The Hall–Kier alpha value is -4.14. The van der Waals surface area contributed by atoms with E-state index < -0.39 is 0 Å². The molecule has 3 aromatic rings. The molecular formula is C31H34N6O3. The number of nitrogens with one attached hydrogen (secondary N) is 1. The second-order valence-corrected chi connectivity index (χ2v) is 11.5. The summed E-state index contributed by atoms with van der Waals surface area (Å²) in [5.41, 5.74) is 5.17. The van der Waals surface area contributed by atoms with Crippen molar-refractivity contribution in [3.8, 4) is 5.75 Å². The second-order valence-electron chi connectivity index (χ2n) is 11.5. The molecule has 1 N–H and O–H groups in total. The Morgan fingerprint density at radius 1 is 1.02 bits per heavy atom. The van der Waals surface area contributed by atoms with Gasteiger partial charge in [-0.15, -0.1) is 0 Å². The summed E-state index contributed by atoms with van der Waals surface area (Å²) in [4.78, 5) is 41.7. The Labute approximate surface area is 234 Å². The lowest BCUT2D eigenvalue weighted by Gasteiger charge is -2.38. The molecule has 0 unspecified atom stereocenters. The Bertz CT molecular complexity index is 1460. The maximum Gasteiger partial charge on any atom is 0.322 e. The Morgan fingerprint density at radius 2 is 1.85 bits per heavy atom. The van der Waals surface area contributed by atoms with Gasteiger partial charge < -0.3 is 24.8 Å². The number of nitrogens with zero attached hydrogens (tertiary/aromatic N) is 5. The lowest BCUT2D eigenvalue weighted by atomic mass is 9.87. The average Bonchev–Trinajstić information content (AvgIpc) is 3.79. The van der Waals surface area contributed by atoms with Gasteiger partial charge in [0.2, 0.25) is 0 Å². The first-order chi connectivity index (χ1) is 19.5. The number of fused-ring (bicyclic) bond motifs is 3. The van der Waals surface area contributed by atoms with Gasteiger partial charge in [-0.2, -0.15) is 0 Å². The van der Waals surface area contributed by atoms with Crippen molar-refractivity contribution in [3.05, 3.63) is 77.2 Å². The van der Waals surface area contributed by atoms with Crippen LogP contribution in [0.15, 0.2) is 54.9 Å². The van der Waals surface area contributed by atoms with E-state index in [0.717, 1.165) is 74.6 Å². The van der Waals surface area contributed by atoms with E-state index in [1.807, 2.05) is 34.1 Å². The number of hydrogen-bond donors (Lipinski definition) is 1. The number of urea groups is 1. The molecule has 9 nitrogen and oxygen atoms in total. The molecule has 2 aromatic carbocycles. The summed E-state index contributed by atoms with van der Waals surface area (Å²) < 4.78 is 5.36. The summed E-state index contributed by atoms with van der Waals surface area (Å²) in [5.74, 6) is 1.54. The van der Waals surface area contributed by atoms with Crippen LogP contribution in [-0.2, 0) is 18.4 Å². The zero-order valence-corrected chi connectivity index (χ0v) is 22.8. The Balaban J connectivity index is 1.01. The minimum absolute atomic E-state index is 0.0308. The summed E-state index contributed by atoms with van der Waals surface area (Å²) >= 11 is 0. The lowest BCUT2D eigenvalue weighted by molar-refractivity contribution is 0.0703. The molecule has 1 aliphatic carbocycles. The van der Waals surface area contributed by atoms with Crippen LogP contribution in [0.2, 0.25) is 0 Å². The number of amides is 3.